The van der Waals surface area contributed by atoms with Crippen molar-refractivity contribution in [3.8, 4) is 0 Å². The number of amides is 1. The number of pyridine rings is 1. The van der Waals surface area contributed by atoms with Crippen LogP contribution in [0.3, 0.4) is 0 Å². The van der Waals surface area contributed by atoms with E-state index in [-0.39, 0.29) is 18.6 Å². The first-order chi connectivity index (χ1) is 9.81. The average molecular weight is 276 g/mol. The fourth-order valence-corrected chi connectivity index (χ4v) is 2.48. The van der Waals surface area contributed by atoms with E-state index in [4.69, 9.17) is 9.84 Å². The second-order valence-electron chi connectivity index (χ2n) is 4.72. The van der Waals surface area contributed by atoms with Crippen molar-refractivity contribution in [1.29, 1.82) is 0 Å². The minimum atomic E-state index is -0.0931. The molecule has 0 aromatic carbocycles. The SMILES string of the molecule is O=C(c1cccn2cnnc12)N1CCOCC1CCO. The molecular weight excluding hydrogens is 260 g/mol. The summed E-state index contributed by atoms with van der Waals surface area (Å²) in [6.07, 6.45) is 3.88. The van der Waals surface area contributed by atoms with Crippen molar-refractivity contribution in [3.63, 3.8) is 0 Å². The molecule has 1 amide bonds. The number of aliphatic hydroxyl groups excluding tert-OH is 1. The van der Waals surface area contributed by atoms with Crippen LogP contribution in [0.5, 0.6) is 0 Å². The van der Waals surface area contributed by atoms with E-state index < -0.39 is 0 Å². The predicted molar refractivity (Wildman–Crippen MR) is 70.3 cm³/mol. The molecule has 1 aliphatic rings. The van der Waals surface area contributed by atoms with E-state index in [9.17, 15) is 4.79 Å². The first-order valence-corrected chi connectivity index (χ1v) is 6.59. The molecular formula is C13H16N4O3. The molecule has 2 aromatic heterocycles. The Hall–Kier alpha value is -1.99. The standard InChI is InChI=1S/C13H16N4O3/c18-6-3-10-8-20-7-5-17(10)13(19)11-2-1-4-16-9-14-15-12(11)16/h1-2,4,9-10,18H,3,5-8H2. The quantitative estimate of drug-likeness (QED) is 0.850. The van der Waals surface area contributed by atoms with E-state index in [2.05, 4.69) is 10.2 Å². The van der Waals surface area contributed by atoms with Gasteiger partial charge in [-0.15, -0.1) is 10.2 Å². The lowest BCUT2D eigenvalue weighted by Crippen LogP contribution is -2.49. The van der Waals surface area contributed by atoms with Crippen LogP contribution in [0.15, 0.2) is 24.7 Å². The number of hydrogen-bond acceptors (Lipinski definition) is 5. The number of morpholine rings is 1. The van der Waals surface area contributed by atoms with Crippen molar-refractivity contribution in [1.82, 2.24) is 19.5 Å². The molecule has 1 aliphatic heterocycles. The zero-order valence-electron chi connectivity index (χ0n) is 11.0. The van der Waals surface area contributed by atoms with Crippen molar-refractivity contribution >= 4 is 11.6 Å². The highest BCUT2D eigenvalue weighted by atomic mass is 16.5. The Labute approximate surface area is 115 Å². The lowest BCUT2D eigenvalue weighted by Gasteiger charge is -2.35. The van der Waals surface area contributed by atoms with Gasteiger partial charge in [0.15, 0.2) is 5.65 Å². The summed E-state index contributed by atoms with van der Waals surface area (Å²) in [5.74, 6) is -0.0923. The van der Waals surface area contributed by atoms with Crippen molar-refractivity contribution in [2.45, 2.75) is 12.5 Å². The van der Waals surface area contributed by atoms with Gasteiger partial charge in [0.05, 0.1) is 24.8 Å². The molecule has 0 saturated carbocycles. The highest BCUT2D eigenvalue weighted by Gasteiger charge is 2.29. The number of nitrogens with zero attached hydrogens (tertiary/aromatic N) is 4. The average Bonchev–Trinajstić information content (AvgIpc) is 2.96. The van der Waals surface area contributed by atoms with E-state index in [0.29, 0.717) is 37.4 Å². The van der Waals surface area contributed by atoms with E-state index in [1.54, 1.807) is 34.0 Å². The minimum Gasteiger partial charge on any atom is -0.396 e. The second kappa shape index (κ2) is 5.56. The van der Waals surface area contributed by atoms with Crippen molar-refractivity contribution in [3.05, 3.63) is 30.2 Å². The lowest BCUT2D eigenvalue weighted by atomic mass is 10.1. The highest BCUT2D eigenvalue weighted by Crippen LogP contribution is 2.17. The smallest absolute Gasteiger partial charge is 0.258 e. The number of carbonyl (C=O) groups excluding carboxylic acids is 1. The van der Waals surface area contributed by atoms with Crippen LogP contribution in [0.25, 0.3) is 5.65 Å². The van der Waals surface area contributed by atoms with Crippen LogP contribution >= 0.6 is 0 Å². The normalized spacial score (nSPS) is 19.4. The lowest BCUT2D eigenvalue weighted by molar-refractivity contribution is -0.00822. The summed E-state index contributed by atoms with van der Waals surface area (Å²) in [4.78, 5) is 14.5. The summed E-state index contributed by atoms with van der Waals surface area (Å²) in [7, 11) is 0. The molecule has 20 heavy (non-hydrogen) atoms. The molecule has 106 valence electrons. The van der Waals surface area contributed by atoms with Crippen LogP contribution in [0.2, 0.25) is 0 Å². The van der Waals surface area contributed by atoms with Crippen molar-refractivity contribution in [2.75, 3.05) is 26.4 Å². The molecule has 0 aliphatic carbocycles. The van der Waals surface area contributed by atoms with E-state index in [0.717, 1.165) is 0 Å². The van der Waals surface area contributed by atoms with Crippen LogP contribution in [0.4, 0.5) is 0 Å². The van der Waals surface area contributed by atoms with Crippen LogP contribution in [0.1, 0.15) is 16.8 Å². The molecule has 1 atom stereocenters. The van der Waals surface area contributed by atoms with E-state index >= 15 is 0 Å². The third kappa shape index (κ3) is 2.25. The van der Waals surface area contributed by atoms with Gasteiger partial charge in [0.1, 0.15) is 6.33 Å². The first kappa shape index (κ1) is 13.0. The molecule has 7 heteroatoms. The van der Waals surface area contributed by atoms with Gasteiger partial charge in [0.2, 0.25) is 0 Å². The maximum absolute atomic E-state index is 12.7. The first-order valence-electron chi connectivity index (χ1n) is 6.59. The molecule has 7 nitrogen and oxygen atoms in total. The van der Waals surface area contributed by atoms with Gasteiger partial charge in [-0.05, 0) is 18.6 Å². The fourth-order valence-electron chi connectivity index (χ4n) is 2.48. The maximum Gasteiger partial charge on any atom is 0.258 e. The number of rotatable bonds is 3. The van der Waals surface area contributed by atoms with Gasteiger partial charge < -0.3 is 14.7 Å². The number of ether oxygens (including phenoxy) is 1. The van der Waals surface area contributed by atoms with Crippen LogP contribution < -0.4 is 0 Å². The summed E-state index contributed by atoms with van der Waals surface area (Å²) in [5, 5.41) is 16.9. The molecule has 0 bridgehead atoms. The van der Waals surface area contributed by atoms with Crippen molar-refractivity contribution < 1.29 is 14.6 Å². The van der Waals surface area contributed by atoms with E-state index in [1.807, 2.05) is 0 Å². The van der Waals surface area contributed by atoms with Crippen LogP contribution in [-0.4, -0.2) is 62.9 Å². The van der Waals surface area contributed by atoms with Crippen LogP contribution in [-0.2, 0) is 4.74 Å². The number of fused-ring (bicyclic) bond motifs is 1. The maximum atomic E-state index is 12.7. The fraction of sp³-hybridized carbons (Fsp3) is 0.462. The zero-order chi connectivity index (χ0) is 13.9. The minimum absolute atomic E-state index is 0.0347. The third-order valence-electron chi connectivity index (χ3n) is 3.50. The topological polar surface area (TPSA) is 80.0 Å². The largest absolute Gasteiger partial charge is 0.396 e. The molecule has 1 N–H and O–H groups in total. The molecule has 2 aromatic rings. The Balaban J connectivity index is 1.92. The van der Waals surface area contributed by atoms with Gasteiger partial charge in [-0.25, -0.2) is 0 Å². The molecule has 3 rings (SSSR count). The summed E-state index contributed by atoms with van der Waals surface area (Å²) >= 11 is 0. The predicted octanol–water partition coefficient (Wildman–Crippen LogP) is -0.0473. The van der Waals surface area contributed by atoms with Gasteiger partial charge in [-0.3, -0.25) is 9.20 Å². The zero-order valence-corrected chi connectivity index (χ0v) is 11.0. The second-order valence-corrected chi connectivity index (χ2v) is 4.72. The highest BCUT2D eigenvalue weighted by molar-refractivity contribution is 5.99. The number of carbonyl (C=O) groups is 1. The Bertz CT molecular complexity index is 610. The molecule has 1 unspecified atom stereocenters. The van der Waals surface area contributed by atoms with Gasteiger partial charge in [0.25, 0.3) is 5.91 Å². The molecule has 3 heterocycles. The summed E-state index contributed by atoms with van der Waals surface area (Å²) in [5.41, 5.74) is 1.07. The van der Waals surface area contributed by atoms with Gasteiger partial charge in [-0.2, -0.15) is 0 Å². The Morgan fingerprint density at radius 1 is 1.55 bits per heavy atom. The van der Waals surface area contributed by atoms with Gasteiger partial charge in [0, 0.05) is 19.3 Å². The Morgan fingerprint density at radius 3 is 3.30 bits per heavy atom. The number of aliphatic hydroxyl groups is 1. The molecule has 0 radical (unpaired) electrons. The molecule has 0 spiro atoms. The van der Waals surface area contributed by atoms with Crippen molar-refractivity contribution in [2.24, 2.45) is 0 Å². The summed E-state index contributed by atoms with van der Waals surface area (Å²) in [6, 6.07) is 3.45. The third-order valence-corrected chi connectivity index (χ3v) is 3.50. The number of hydrogen-bond donors (Lipinski definition) is 1. The Morgan fingerprint density at radius 2 is 2.45 bits per heavy atom. The van der Waals surface area contributed by atoms with Crippen LogP contribution in [0, 0.1) is 0 Å². The molecule has 1 fully saturated rings. The van der Waals surface area contributed by atoms with Gasteiger partial charge >= 0.3 is 0 Å². The molecule has 1 saturated heterocycles. The Kier molecular flexibility index (Phi) is 3.62. The van der Waals surface area contributed by atoms with E-state index in [1.165, 1.54) is 0 Å². The summed E-state index contributed by atoms with van der Waals surface area (Å²) < 4.78 is 7.10. The monoisotopic (exact) mass is 276 g/mol. The summed E-state index contributed by atoms with van der Waals surface area (Å²) in [6.45, 7) is 1.54. The number of aromatic nitrogens is 3. The van der Waals surface area contributed by atoms with Gasteiger partial charge in [-0.1, -0.05) is 0 Å².